The average molecular weight is 692 g/mol. The van der Waals surface area contributed by atoms with Crippen LogP contribution in [-0.4, -0.2) is 0 Å². The van der Waals surface area contributed by atoms with Crippen LogP contribution in [0.3, 0.4) is 0 Å². The topological polar surface area (TPSA) is 3.24 Å². The van der Waals surface area contributed by atoms with E-state index in [1.807, 2.05) is 0 Å². The van der Waals surface area contributed by atoms with Crippen LogP contribution in [0, 0.1) is 6.92 Å². The zero-order valence-corrected chi connectivity index (χ0v) is 30.9. The van der Waals surface area contributed by atoms with Crippen molar-refractivity contribution in [1.29, 1.82) is 0 Å². The van der Waals surface area contributed by atoms with Gasteiger partial charge in [-0.05, 0) is 116 Å². The zero-order chi connectivity index (χ0) is 36.4. The molecule has 10 rings (SSSR count). The van der Waals surface area contributed by atoms with Crippen molar-refractivity contribution < 1.29 is 0 Å². The average Bonchev–Trinajstić information content (AvgIpc) is 3.65. The highest BCUT2D eigenvalue weighted by molar-refractivity contribution is 5.91. The van der Waals surface area contributed by atoms with Crippen LogP contribution in [-0.2, 0) is 10.8 Å². The van der Waals surface area contributed by atoms with Gasteiger partial charge < -0.3 is 4.90 Å². The van der Waals surface area contributed by atoms with Crippen LogP contribution in [0.2, 0.25) is 0 Å². The monoisotopic (exact) mass is 691 g/mol. The van der Waals surface area contributed by atoms with Gasteiger partial charge in [0.1, 0.15) is 0 Å². The summed E-state index contributed by atoms with van der Waals surface area (Å²) in [6.07, 6.45) is 0. The molecule has 0 heterocycles. The van der Waals surface area contributed by atoms with Crippen LogP contribution < -0.4 is 4.90 Å². The Balaban J connectivity index is 1.16. The van der Waals surface area contributed by atoms with E-state index in [4.69, 9.17) is 0 Å². The fraction of sp³-hybridized carbons (Fsp3) is 0.0943. The van der Waals surface area contributed by atoms with Gasteiger partial charge in [-0.2, -0.15) is 0 Å². The number of fused-ring (bicyclic) bond motifs is 6. The van der Waals surface area contributed by atoms with Crippen molar-refractivity contribution in [1.82, 2.24) is 0 Å². The van der Waals surface area contributed by atoms with Gasteiger partial charge in [0, 0.05) is 22.5 Å². The molecule has 0 fully saturated rings. The third kappa shape index (κ3) is 4.64. The van der Waals surface area contributed by atoms with Crippen molar-refractivity contribution in [2.75, 3.05) is 4.90 Å². The lowest BCUT2D eigenvalue weighted by Crippen LogP contribution is -2.28. The first-order valence-corrected chi connectivity index (χ1v) is 19.0. The van der Waals surface area contributed by atoms with E-state index in [1.165, 1.54) is 78.0 Å². The molecule has 54 heavy (non-hydrogen) atoms. The second kappa shape index (κ2) is 12.3. The molecule has 1 nitrogen and oxygen atoms in total. The zero-order valence-electron chi connectivity index (χ0n) is 30.9. The molecule has 0 aliphatic heterocycles. The van der Waals surface area contributed by atoms with E-state index in [9.17, 15) is 0 Å². The van der Waals surface area contributed by atoms with Gasteiger partial charge in [0.25, 0.3) is 0 Å². The number of benzene rings is 8. The molecule has 0 saturated heterocycles. The van der Waals surface area contributed by atoms with E-state index < -0.39 is 5.41 Å². The van der Waals surface area contributed by atoms with Crippen LogP contribution in [0.1, 0.15) is 52.8 Å². The van der Waals surface area contributed by atoms with Gasteiger partial charge in [-0.3, -0.25) is 0 Å². The minimum absolute atomic E-state index is 0.0861. The van der Waals surface area contributed by atoms with E-state index >= 15 is 0 Å². The summed E-state index contributed by atoms with van der Waals surface area (Å²) >= 11 is 0. The minimum atomic E-state index is -0.468. The van der Waals surface area contributed by atoms with Crippen molar-refractivity contribution >= 4 is 17.1 Å². The van der Waals surface area contributed by atoms with Crippen LogP contribution in [0.4, 0.5) is 17.1 Å². The smallest absolute Gasteiger partial charge is 0.0714 e. The minimum Gasteiger partial charge on any atom is -0.310 e. The predicted molar refractivity (Wildman–Crippen MR) is 226 cm³/mol. The van der Waals surface area contributed by atoms with E-state index in [0.717, 1.165) is 11.4 Å². The molecular formula is C53H41N. The highest BCUT2D eigenvalue weighted by atomic mass is 15.1. The molecule has 8 aromatic carbocycles. The number of hydrogen-bond acceptors (Lipinski definition) is 1. The lowest BCUT2D eigenvalue weighted by molar-refractivity contribution is 0.662. The molecule has 0 spiro atoms. The molecule has 0 atom stereocenters. The number of hydrogen-bond donors (Lipinski definition) is 0. The van der Waals surface area contributed by atoms with Gasteiger partial charge >= 0.3 is 0 Å². The summed E-state index contributed by atoms with van der Waals surface area (Å²) in [5.74, 6) is 0. The SMILES string of the molecule is Cc1cc(-c2cccc3c2C(C)(C)c2ccccc2-3)ccc1N(c1ccccc1)c1ccc2c(c1)C(c1ccccc1)(c1ccccc1)c1ccccc1-2. The second-order valence-corrected chi connectivity index (χ2v) is 15.3. The summed E-state index contributed by atoms with van der Waals surface area (Å²) in [6, 6.07) is 71.8. The molecule has 0 N–H and O–H groups in total. The molecule has 258 valence electrons. The Morgan fingerprint density at radius 1 is 0.389 bits per heavy atom. The van der Waals surface area contributed by atoms with E-state index in [2.05, 4.69) is 220 Å². The van der Waals surface area contributed by atoms with Crippen LogP contribution in [0.5, 0.6) is 0 Å². The largest absolute Gasteiger partial charge is 0.310 e. The molecule has 1 heteroatoms. The molecule has 0 bridgehead atoms. The summed E-state index contributed by atoms with van der Waals surface area (Å²) in [6.45, 7) is 7.01. The normalized spacial score (nSPS) is 14.1. The maximum absolute atomic E-state index is 2.46. The Morgan fingerprint density at radius 3 is 1.59 bits per heavy atom. The molecule has 0 amide bonds. The lowest BCUT2D eigenvalue weighted by atomic mass is 9.67. The lowest BCUT2D eigenvalue weighted by Gasteiger charge is -2.35. The first kappa shape index (κ1) is 32.2. The molecule has 2 aliphatic rings. The van der Waals surface area contributed by atoms with Crippen molar-refractivity contribution in [3.05, 3.63) is 233 Å². The van der Waals surface area contributed by atoms with E-state index in [0.29, 0.717) is 0 Å². The summed E-state index contributed by atoms with van der Waals surface area (Å²) in [5.41, 5.74) is 19.9. The Kier molecular flexibility index (Phi) is 7.35. The Hall–Kier alpha value is -6.44. The molecule has 0 saturated carbocycles. The highest BCUT2D eigenvalue weighted by Gasteiger charge is 2.46. The van der Waals surface area contributed by atoms with Gasteiger partial charge in [-0.1, -0.05) is 172 Å². The summed E-state index contributed by atoms with van der Waals surface area (Å²) < 4.78 is 0. The number of rotatable bonds is 6. The maximum Gasteiger partial charge on any atom is 0.0714 e. The fourth-order valence-corrected chi connectivity index (χ4v) is 9.74. The van der Waals surface area contributed by atoms with Crippen LogP contribution in [0.25, 0.3) is 33.4 Å². The molecule has 0 unspecified atom stereocenters. The molecule has 8 aromatic rings. The van der Waals surface area contributed by atoms with E-state index in [-0.39, 0.29) is 5.41 Å². The predicted octanol–water partition coefficient (Wildman–Crippen LogP) is 13.8. The summed E-state index contributed by atoms with van der Waals surface area (Å²) in [4.78, 5) is 2.44. The maximum atomic E-state index is 2.46. The third-order valence-corrected chi connectivity index (χ3v) is 12.0. The quantitative estimate of drug-likeness (QED) is 0.168. The van der Waals surface area contributed by atoms with Crippen molar-refractivity contribution in [2.24, 2.45) is 0 Å². The number of anilines is 3. The van der Waals surface area contributed by atoms with Gasteiger partial charge in [0.05, 0.1) is 5.41 Å². The first-order chi connectivity index (χ1) is 26.5. The number of nitrogens with zero attached hydrogens (tertiary/aromatic N) is 1. The molecule has 2 aliphatic carbocycles. The van der Waals surface area contributed by atoms with Gasteiger partial charge in [0.2, 0.25) is 0 Å². The third-order valence-electron chi connectivity index (χ3n) is 12.0. The fourth-order valence-electron chi connectivity index (χ4n) is 9.74. The van der Waals surface area contributed by atoms with E-state index in [1.54, 1.807) is 0 Å². The standard InChI is InChI=1S/C53H41N/c1-36-34-37(42-26-17-27-46-44-25-13-15-28-47(44)52(2,3)51(42)46)30-33-50(36)54(40-22-11-6-12-23-40)41-31-32-45-43-24-14-16-29-48(43)53(49(45)35-41,38-18-7-4-8-19-38)39-20-9-5-10-21-39/h4-35H,1-3H3. The number of para-hydroxylation sites is 1. The summed E-state index contributed by atoms with van der Waals surface area (Å²) in [5, 5.41) is 0. The molecule has 0 aromatic heterocycles. The van der Waals surface area contributed by atoms with Crippen molar-refractivity contribution in [3.8, 4) is 33.4 Å². The Labute approximate surface area is 318 Å². The molecule has 0 radical (unpaired) electrons. The van der Waals surface area contributed by atoms with Gasteiger partial charge in [-0.15, -0.1) is 0 Å². The van der Waals surface area contributed by atoms with Crippen molar-refractivity contribution in [3.63, 3.8) is 0 Å². The van der Waals surface area contributed by atoms with Gasteiger partial charge in [0.15, 0.2) is 0 Å². The first-order valence-electron chi connectivity index (χ1n) is 19.0. The number of aryl methyl sites for hydroxylation is 1. The Morgan fingerprint density at radius 2 is 0.926 bits per heavy atom. The summed E-state index contributed by atoms with van der Waals surface area (Å²) in [7, 11) is 0. The second-order valence-electron chi connectivity index (χ2n) is 15.3. The Bertz CT molecular complexity index is 2650. The van der Waals surface area contributed by atoms with Crippen molar-refractivity contribution in [2.45, 2.75) is 31.6 Å². The molecular weight excluding hydrogens is 651 g/mol. The van der Waals surface area contributed by atoms with Crippen LogP contribution >= 0.6 is 0 Å². The highest BCUT2D eigenvalue weighted by Crippen LogP contribution is 2.57. The van der Waals surface area contributed by atoms with Gasteiger partial charge in [-0.25, -0.2) is 0 Å². The van der Waals surface area contributed by atoms with Crippen LogP contribution in [0.15, 0.2) is 194 Å².